The van der Waals surface area contributed by atoms with E-state index in [4.69, 9.17) is 13.9 Å². The van der Waals surface area contributed by atoms with Crippen LogP contribution in [0.4, 0.5) is 4.39 Å². The summed E-state index contributed by atoms with van der Waals surface area (Å²) in [7, 11) is 0. The first-order valence-electron chi connectivity index (χ1n) is 13.7. The minimum Gasteiger partial charge on any atom is -0.455 e. The van der Waals surface area contributed by atoms with E-state index in [-0.39, 0.29) is 36.3 Å². The van der Waals surface area contributed by atoms with Crippen LogP contribution in [-0.2, 0) is 19.1 Å². The van der Waals surface area contributed by atoms with E-state index in [9.17, 15) is 19.8 Å². The van der Waals surface area contributed by atoms with Crippen molar-refractivity contribution in [2.75, 3.05) is 0 Å². The van der Waals surface area contributed by atoms with Crippen LogP contribution in [0.25, 0.3) is 6.08 Å². The lowest BCUT2D eigenvalue weighted by atomic mass is 9.58. The van der Waals surface area contributed by atoms with Gasteiger partial charge in [-0.15, -0.1) is 6.58 Å². The summed E-state index contributed by atoms with van der Waals surface area (Å²) in [4.78, 5) is 30.8. The van der Waals surface area contributed by atoms with Gasteiger partial charge in [-0.2, -0.15) is 0 Å². The number of carbonyl (C=O) groups is 2. The van der Waals surface area contributed by atoms with Crippen LogP contribution in [0.1, 0.15) is 83.2 Å². The monoisotopic (exact) mass is 533 g/mol. The van der Waals surface area contributed by atoms with Crippen LogP contribution in [0.15, 0.2) is 29.2 Å². The molecule has 3 aliphatic rings. The van der Waals surface area contributed by atoms with Crippen molar-refractivity contribution in [1.82, 2.24) is 4.98 Å². The minimum absolute atomic E-state index is 0.112. The first kappa shape index (κ1) is 28.6. The van der Waals surface area contributed by atoms with Gasteiger partial charge in [0.2, 0.25) is 0 Å². The number of esters is 1. The average Bonchev–Trinajstić information content (AvgIpc) is 3.26. The van der Waals surface area contributed by atoms with Gasteiger partial charge in [0.1, 0.15) is 23.6 Å². The van der Waals surface area contributed by atoms with E-state index in [2.05, 4.69) is 11.6 Å². The van der Waals surface area contributed by atoms with Gasteiger partial charge in [-0.05, 0) is 44.9 Å². The molecule has 2 unspecified atom stereocenters. The van der Waals surface area contributed by atoms with Crippen molar-refractivity contribution in [2.24, 2.45) is 17.3 Å². The molecule has 1 aliphatic carbocycles. The zero-order chi connectivity index (χ0) is 27.7. The molecule has 9 heteroatoms. The van der Waals surface area contributed by atoms with Crippen LogP contribution < -0.4 is 0 Å². The summed E-state index contributed by atoms with van der Waals surface area (Å²) < 4.78 is 32.0. The molecule has 0 amide bonds. The molecule has 1 aromatic heterocycles. The topological polar surface area (TPSA) is 122 Å². The van der Waals surface area contributed by atoms with Gasteiger partial charge >= 0.3 is 5.97 Å². The molecular formula is C29H40FNO7. The second-order valence-electron chi connectivity index (χ2n) is 11.5. The van der Waals surface area contributed by atoms with Crippen LogP contribution in [0.2, 0.25) is 0 Å². The highest BCUT2D eigenvalue weighted by Gasteiger charge is 2.55. The predicted octanol–water partition coefficient (Wildman–Crippen LogP) is 4.62. The van der Waals surface area contributed by atoms with Gasteiger partial charge in [-0.1, -0.05) is 25.8 Å². The maximum absolute atomic E-state index is 15.4. The number of rotatable bonds is 4. The standard InChI is InChI=1S/C29H40FNO7/c1-5-8-20-26(34)17(2)9-6-10-28(4)24(38-28)14-22(21(30)13-19-16-36-18(3)31-19)37-25(33)15-23(32)29(27(20)35)11-7-12-29/h5,13,16-17,20,22-24,26,32,34H,1,6-12,14-15H2,2-4H3/t17-,20+,22-,23-,24?,26+,28?/m0/s1. The molecular weight excluding hydrogens is 493 g/mol. The van der Waals surface area contributed by atoms with Gasteiger partial charge in [0, 0.05) is 25.3 Å². The van der Waals surface area contributed by atoms with E-state index in [0.29, 0.717) is 31.6 Å². The summed E-state index contributed by atoms with van der Waals surface area (Å²) in [6, 6.07) is 0. The molecule has 210 valence electrons. The summed E-state index contributed by atoms with van der Waals surface area (Å²) in [5.74, 6) is -2.24. The Morgan fingerprint density at radius 3 is 2.61 bits per heavy atom. The number of hydrogen-bond acceptors (Lipinski definition) is 8. The molecule has 3 fully saturated rings. The van der Waals surface area contributed by atoms with Crippen LogP contribution >= 0.6 is 0 Å². The van der Waals surface area contributed by atoms with Gasteiger partial charge in [-0.25, -0.2) is 9.37 Å². The van der Waals surface area contributed by atoms with Gasteiger partial charge in [0.05, 0.1) is 35.7 Å². The molecule has 3 heterocycles. The number of epoxide rings is 1. The van der Waals surface area contributed by atoms with E-state index in [1.165, 1.54) is 12.3 Å². The number of oxazole rings is 1. The van der Waals surface area contributed by atoms with Gasteiger partial charge in [0.15, 0.2) is 12.0 Å². The third-order valence-corrected chi connectivity index (χ3v) is 8.79. The zero-order valence-corrected chi connectivity index (χ0v) is 22.5. The highest BCUT2D eigenvalue weighted by atomic mass is 19.1. The van der Waals surface area contributed by atoms with Crippen molar-refractivity contribution in [2.45, 2.75) is 109 Å². The molecule has 0 radical (unpaired) electrons. The molecule has 0 aromatic carbocycles. The first-order chi connectivity index (χ1) is 18.0. The Morgan fingerprint density at radius 1 is 1.26 bits per heavy atom. The van der Waals surface area contributed by atoms with Crippen molar-refractivity contribution >= 4 is 17.8 Å². The van der Waals surface area contributed by atoms with Crippen LogP contribution in [-0.4, -0.2) is 57.0 Å². The summed E-state index contributed by atoms with van der Waals surface area (Å²) in [6.45, 7) is 9.27. The van der Waals surface area contributed by atoms with E-state index in [0.717, 1.165) is 12.8 Å². The quantitative estimate of drug-likeness (QED) is 0.327. The number of aromatic nitrogens is 1. The number of ether oxygens (including phenoxy) is 2. The minimum atomic E-state index is -1.30. The van der Waals surface area contributed by atoms with E-state index in [1.807, 2.05) is 13.8 Å². The van der Waals surface area contributed by atoms with Crippen molar-refractivity contribution in [3.05, 3.63) is 36.3 Å². The Hall–Kier alpha value is -2.36. The number of fused-ring (bicyclic) bond motifs is 1. The molecule has 1 aromatic rings. The number of Topliss-reactive ketones (excluding diaryl/α,β-unsaturated/α-hetero) is 1. The molecule has 38 heavy (non-hydrogen) atoms. The first-order valence-corrected chi connectivity index (χ1v) is 13.7. The highest BCUT2D eigenvalue weighted by Crippen LogP contribution is 2.49. The van der Waals surface area contributed by atoms with Gasteiger partial charge in [-0.3, -0.25) is 9.59 Å². The zero-order valence-electron chi connectivity index (χ0n) is 22.5. The number of carbonyl (C=O) groups excluding carboxylic acids is 2. The summed E-state index contributed by atoms with van der Waals surface area (Å²) >= 11 is 0. The predicted molar refractivity (Wildman–Crippen MR) is 137 cm³/mol. The van der Waals surface area contributed by atoms with E-state index >= 15 is 4.39 Å². The van der Waals surface area contributed by atoms with Crippen molar-refractivity contribution in [3.63, 3.8) is 0 Å². The molecule has 7 atom stereocenters. The molecule has 2 aliphatic heterocycles. The lowest BCUT2D eigenvalue weighted by Gasteiger charge is -2.46. The van der Waals surface area contributed by atoms with Crippen LogP contribution in [0, 0.1) is 24.2 Å². The SMILES string of the molecule is C=CC[C@H]1C(=O)C2(CCC2)[C@@H](O)CC(=O)O[C@H](C(F)=Cc2coc(C)n2)CC2OC2(C)CCC[C@H](C)[C@H]1O. The fraction of sp³-hybridized carbons (Fsp3) is 0.690. The van der Waals surface area contributed by atoms with Gasteiger partial charge in [0.25, 0.3) is 0 Å². The van der Waals surface area contributed by atoms with Crippen LogP contribution in [0.3, 0.4) is 0 Å². The maximum Gasteiger partial charge on any atom is 0.309 e. The Kier molecular flexibility index (Phi) is 8.59. The number of halogens is 1. The third kappa shape index (κ3) is 5.95. The fourth-order valence-corrected chi connectivity index (χ4v) is 6.05. The molecule has 2 N–H and O–H groups in total. The Balaban J connectivity index is 1.60. The number of hydrogen-bond donors (Lipinski definition) is 2. The van der Waals surface area contributed by atoms with E-state index < -0.39 is 53.5 Å². The average molecular weight is 534 g/mol. The Bertz CT molecular complexity index is 1060. The molecule has 4 rings (SSSR count). The lowest BCUT2D eigenvalue weighted by molar-refractivity contribution is -0.162. The van der Waals surface area contributed by atoms with Crippen molar-refractivity contribution in [3.8, 4) is 0 Å². The Labute approximate surface area is 223 Å². The van der Waals surface area contributed by atoms with Gasteiger partial charge < -0.3 is 24.1 Å². The van der Waals surface area contributed by atoms with E-state index in [1.54, 1.807) is 13.0 Å². The molecule has 2 saturated heterocycles. The molecule has 1 spiro atoms. The smallest absolute Gasteiger partial charge is 0.309 e. The number of allylic oxidation sites excluding steroid dienone is 1. The Morgan fingerprint density at radius 2 is 2.00 bits per heavy atom. The molecule has 8 nitrogen and oxygen atoms in total. The highest BCUT2D eigenvalue weighted by molar-refractivity contribution is 5.90. The molecule has 1 saturated carbocycles. The number of aryl methyl sites for hydroxylation is 1. The van der Waals surface area contributed by atoms with Crippen molar-refractivity contribution < 1.29 is 38.1 Å². The summed E-state index contributed by atoms with van der Waals surface area (Å²) in [5.41, 5.74) is -1.36. The number of nitrogens with zero attached hydrogens (tertiary/aromatic N) is 1. The summed E-state index contributed by atoms with van der Waals surface area (Å²) in [6.07, 6.45) is 4.01. The number of ketones is 1. The normalized spacial score (nSPS) is 36.7. The summed E-state index contributed by atoms with van der Waals surface area (Å²) in [5, 5.41) is 22.3. The number of aliphatic hydroxyl groups excluding tert-OH is 2. The number of aliphatic hydroxyl groups is 2. The van der Waals surface area contributed by atoms with Crippen LogP contribution in [0.5, 0.6) is 0 Å². The third-order valence-electron chi connectivity index (χ3n) is 8.79. The lowest BCUT2D eigenvalue weighted by Crippen LogP contribution is -2.53. The second-order valence-corrected chi connectivity index (χ2v) is 11.5. The molecule has 0 bridgehead atoms. The fourth-order valence-electron chi connectivity index (χ4n) is 6.05. The maximum atomic E-state index is 15.4. The number of cyclic esters (lactones) is 1. The van der Waals surface area contributed by atoms with Crippen molar-refractivity contribution in [1.29, 1.82) is 0 Å². The second kappa shape index (κ2) is 11.4. The largest absolute Gasteiger partial charge is 0.455 e.